The molecule has 1 fully saturated rings. The molecular weight excluding hydrogens is 368 g/mol. The topological polar surface area (TPSA) is 181 Å². The highest BCUT2D eigenvalue weighted by Gasteiger charge is 2.43. The van der Waals surface area contributed by atoms with Gasteiger partial charge in [0.05, 0.1) is 30.2 Å². The van der Waals surface area contributed by atoms with Crippen LogP contribution in [0.2, 0.25) is 0 Å². The van der Waals surface area contributed by atoms with E-state index in [-0.39, 0.29) is 5.82 Å². The molecule has 4 aromatic heterocycles. The number of nitrogens with two attached hydrogens (primary N) is 1. The molecule has 0 aliphatic carbocycles. The Hall–Kier alpha value is -3.19. The molecule has 1 saturated heterocycles. The maximum absolute atomic E-state index is 9.95. The average Bonchev–Trinajstić information content (AvgIpc) is 3.42. The second kappa shape index (κ2) is 7.44. The van der Waals surface area contributed by atoms with E-state index in [9.17, 15) is 10.2 Å². The standard InChI is InChI=1S/C10H13N5O4.C6H5N3/c11-8-5-9(13-2-12-8)15(3-14-5)10-7(18)6(17)4(1-16)19-10;1-2-8-6-3-7-4-9-5(1)6/h2-4,6-7,10,16-18H,1H2,(H2,11,12,13);1-4,8H/t4-,6-,7-,10-;/m1./s1. The van der Waals surface area contributed by atoms with E-state index in [1.54, 1.807) is 6.20 Å². The summed E-state index contributed by atoms with van der Waals surface area (Å²) >= 11 is 0. The number of aromatic nitrogens is 7. The molecule has 28 heavy (non-hydrogen) atoms. The van der Waals surface area contributed by atoms with Gasteiger partial charge in [0, 0.05) is 6.20 Å². The SMILES string of the molecule is Nc1ncnc2c1ncn2[C@@H]1O[C@H](CO)[C@@H](O)[C@H]1O.c1ncc2[nH]ccc2n1. The van der Waals surface area contributed by atoms with Crippen molar-refractivity contribution in [2.24, 2.45) is 0 Å². The Bertz CT molecular complexity index is 1050. The van der Waals surface area contributed by atoms with Crippen molar-refractivity contribution >= 4 is 28.0 Å². The van der Waals surface area contributed by atoms with Gasteiger partial charge in [0.2, 0.25) is 0 Å². The Labute approximate surface area is 157 Å². The van der Waals surface area contributed by atoms with Crippen molar-refractivity contribution in [1.29, 1.82) is 0 Å². The molecule has 0 bridgehead atoms. The first-order valence-electron chi connectivity index (χ1n) is 8.38. The second-order valence-electron chi connectivity index (χ2n) is 6.11. The summed E-state index contributed by atoms with van der Waals surface area (Å²) in [5.74, 6) is 0.218. The number of hydrogen-bond donors (Lipinski definition) is 5. The van der Waals surface area contributed by atoms with Crippen molar-refractivity contribution in [2.75, 3.05) is 12.3 Å². The lowest BCUT2D eigenvalue weighted by atomic mass is 10.1. The van der Waals surface area contributed by atoms with Gasteiger partial charge in [-0.25, -0.2) is 24.9 Å². The van der Waals surface area contributed by atoms with Crippen molar-refractivity contribution < 1.29 is 20.1 Å². The third kappa shape index (κ3) is 3.14. The Morgan fingerprint density at radius 2 is 2.00 bits per heavy atom. The molecule has 5 heterocycles. The second-order valence-corrected chi connectivity index (χ2v) is 6.11. The first-order chi connectivity index (χ1) is 13.6. The van der Waals surface area contributed by atoms with E-state index in [0.29, 0.717) is 11.2 Å². The number of rotatable bonds is 2. The van der Waals surface area contributed by atoms with Crippen molar-refractivity contribution in [1.82, 2.24) is 34.5 Å². The van der Waals surface area contributed by atoms with Gasteiger partial charge in [-0.15, -0.1) is 0 Å². The Balaban J connectivity index is 0.000000177. The molecule has 0 spiro atoms. The average molecular weight is 386 g/mol. The summed E-state index contributed by atoms with van der Waals surface area (Å²) in [6.07, 6.45) is 3.71. The number of ether oxygens (including phenoxy) is 1. The number of fused-ring (bicyclic) bond motifs is 2. The molecule has 0 saturated carbocycles. The number of nitrogen functional groups attached to an aromatic ring is 1. The number of aliphatic hydroxyl groups is 3. The summed E-state index contributed by atoms with van der Waals surface area (Å²) in [4.78, 5) is 22.7. The van der Waals surface area contributed by atoms with Gasteiger partial charge in [0.15, 0.2) is 17.7 Å². The first kappa shape index (κ1) is 18.2. The maximum atomic E-state index is 9.95. The number of imidazole rings is 1. The van der Waals surface area contributed by atoms with Crippen LogP contribution >= 0.6 is 0 Å². The van der Waals surface area contributed by atoms with Crippen LogP contribution in [-0.2, 0) is 4.74 Å². The summed E-state index contributed by atoms with van der Waals surface area (Å²) < 4.78 is 6.85. The minimum absolute atomic E-state index is 0.218. The maximum Gasteiger partial charge on any atom is 0.167 e. The molecule has 6 N–H and O–H groups in total. The van der Waals surface area contributed by atoms with Gasteiger partial charge in [-0.2, -0.15) is 0 Å². The first-order valence-corrected chi connectivity index (χ1v) is 8.38. The smallest absolute Gasteiger partial charge is 0.167 e. The van der Waals surface area contributed by atoms with Crippen LogP contribution in [0.3, 0.4) is 0 Å². The zero-order valence-corrected chi connectivity index (χ0v) is 14.5. The molecule has 0 radical (unpaired) electrons. The number of nitrogens with one attached hydrogen (secondary N) is 1. The summed E-state index contributed by atoms with van der Waals surface area (Å²) in [7, 11) is 0. The molecule has 5 rings (SSSR count). The molecule has 4 aromatic rings. The van der Waals surface area contributed by atoms with Crippen LogP contribution in [0, 0.1) is 0 Å². The van der Waals surface area contributed by atoms with Gasteiger partial charge >= 0.3 is 0 Å². The Morgan fingerprint density at radius 3 is 2.75 bits per heavy atom. The van der Waals surface area contributed by atoms with Gasteiger partial charge in [-0.1, -0.05) is 0 Å². The summed E-state index contributed by atoms with van der Waals surface area (Å²) in [5, 5.41) is 28.7. The highest BCUT2D eigenvalue weighted by Crippen LogP contribution is 2.31. The molecule has 0 aromatic carbocycles. The fraction of sp³-hybridized carbons (Fsp3) is 0.312. The van der Waals surface area contributed by atoms with E-state index >= 15 is 0 Å². The normalized spacial score (nSPS) is 24.4. The van der Waals surface area contributed by atoms with Crippen LogP contribution < -0.4 is 5.73 Å². The number of H-pyrrole nitrogens is 1. The molecule has 1 aliphatic rings. The van der Waals surface area contributed by atoms with E-state index in [2.05, 4.69) is 29.9 Å². The van der Waals surface area contributed by atoms with Gasteiger partial charge in [-0.3, -0.25) is 4.57 Å². The molecule has 1 aliphatic heterocycles. The third-order valence-electron chi connectivity index (χ3n) is 4.40. The van der Waals surface area contributed by atoms with E-state index in [1.807, 2.05) is 12.3 Å². The number of aliphatic hydroxyl groups excluding tert-OH is 3. The van der Waals surface area contributed by atoms with Gasteiger partial charge in [0.25, 0.3) is 0 Å². The molecular formula is C16H18N8O4. The Kier molecular flexibility index (Phi) is 4.83. The predicted octanol–water partition coefficient (Wildman–Crippen LogP) is -1.02. The van der Waals surface area contributed by atoms with Crippen LogP contribution in [0.25, 0.3) is 22.2 Å². The summed E-state index contributed by atoms with van der Waals surface area (Å²) in [5.41, 5.74) is 8.39. The molecule has 0 amide bonds. The van der Waals surface area contributed by atoms with Crippen molar-refractivity contribution in [3.05, 3.63) is 37.4 Å². The quantitative estimate of drug-likeness (QED) is 0.286. The van der Waals surface area contributed by atoms with Crippen LogP contribution in [-0.4, -0.2) is 74.7 Å². The monoisotopic (exact) mass is 386 g/mol. The minimum Gasteiger partial charge on any atom is -0.394 e. The zero-order chi connectivity index (χ0) is 19.7. The highest BCUT2D eigenvalue weighted by molar-refractivity contribution is 5.81. The van der Waals surface area contributed by atoms with Crippen LogP contribution in [0.5, 0.6) is 0 Å². The van der Waals surface area contributed by atoms with E-state index in [4.69, 9.17) is 15.6 Å². The Morgan fingerprint density at radius 1 is 1.14 bits per heavy atom. The lowest BCUT2D eigenvalue weighted by molar-refractivity contribution is -0.0511. The predicted molar refractivity (Wildman–Crippen MR) is 96.6 cm³/mol. The van der Waals surface area contributed by atoms with Gasteiger partial charge in [0.1, 0.15) is 36.5 Å². The fourth-order valence-corrected chi connectivity index (χ4v) is 2.96. The van der Waals surface area contributed by atoms with Crippen LogP contribution in [0.1, 0.15) is 6.23 Å². The summed E-state index contributed by atoms with van der Waals surface area (Å²) in [6.45, 7) is -0.390. The minimum atomic E-state index is -1.19. The van der Waals surface area contributed by atoms with Crippen molar-refractivity contribution in [2.45, 2.75) is 24.5 Å². The zero-order valence-electron chi connectivity index (χ0n) is 14.5. The summed E-state index contributed by atoms with van der Waals surface area (Å²) in [6, 6.07) is 1.91. The molecule has 4 atom stereocenters. The number of hydrogen-bond acceptors (Lipinski definition) is 10. The van der Waals surface area contributed by atoms with Crippen LogP contribution in [0.15, 0.2) is 37.4 Å². The van der Waals surface area contributed by atoms with E-state index in [1.165, 1.54) is 23.5 Å². The van der Waals surface area contributed by atoms with Crippen molar-refractivity contribution in [3.63, 3.8) is 0 Å². The van der Waals surface area contributed by atoms with Gasteiger partial charge in [-0.05, 0) is 6.07 Å². The van der Waals surface area contributed by atoms with Crippen molar-refractivity contribution in [3.8, 4) is 0 Å². The molecule has 12 nitrogen and oxygen atoms in total. The number of anilines is 1. The third-order valence-corrected chi connectivity index (χ3v) is 4.40. The largest absolute Gasteiger partial charge is 0.394 e. The molecule has 0 unspecified atom stereocenters. The number of aromatic amines is 1. The lowest BCUT2D eigenvalue weighted by Gasteiger charge is -2.16. The lowest BCUT2D eigenvalue weighted by Crippen LogP contribution is -2.33. The molecule has 146 valence electrons. The van der Waals surface area contributed by atoms with Crippen LogP contribution in [0.4, 0.5) is 5.82 Å². The number of nitrogens with zero attached hydrogens (tertiary/aromatic N) is 6. The van der Waals surface area contributed by atoms with E-state index < -0.39 is 31.1 Å². The molecule has 12 heteroatoms. The van der Waals surface area contributed by atoms with E-state index in [0.717, 1.165) is 11.0 Å². The van der Waals surface area contributed by atoms with Gasteiger partial charge < -0.3 is 30.8 Å². The highest BCUT2D eigenvalue weighted by atomic mass is 16.6. The fourth-order valence-electron chi connectivity index (χ4n) is 2.96.